The van der Waals surface area contributed by atoms with Gasteiger partial charge in [0.1, 0.15) is 5.82 Å². The van der Waals surface area contributed by atoms with Crippen LogP contribution in [0, 0.1) is 0 Å². The number of anilines is 1. The van der Waals surface area contributed by atoms with Gasteiger partial charge in [0.05, 0.1) is 5.54 Å². The van der Waals surface area contributed by atoms with Crippen LogP contribution in [0.25, 0.3) is 0 Å². The highest BCUT2D eigenvalue weighted by molar-refractivity contribution is 5.85. The van der Waals surface area contributed by atoms with Crippen LogP contribution < -0.4 is 15.5 Å². The highest BCUT2D eigenvalue weighted by Crippen LogP contribution is 2.18. The molecule has 2 rings (SSSR count). The summed E-state index contributed by atoms with van der Waals surface area (Å²) in [4.78, 5) is 18.8. The summed E-state index contributed by atoms with van der Waals surface area (Å²) in [6.07, 6.45) is 1.78. The number of hydrogen-bond acceptors (Lipinski definition) is 4. The molecule has 0 saturated heterocycles. The average Bonchev–Trinajstić information content (AvgIpc) is 2.60. The van der Waals surface area contributed by atoms with Crippen molar-refractivity contribution in [2.45, 2.75) is 32.5 Å². The van der Waals surface area contributed by atoms with Crippen LogP contribution >= 0.6 is 0 Å². The Hall–Kier alpha value is -2.40. The van der Waals surface area contributed by atoms with Crippen molar-refractivity contribution in [1.82, 2.24) is 15.6 Å². The number of carbonyl (C=O) groups is 1. The van der Waals surface area contributed by atoms with Gasteiger partial charge < -0.3 is 15.5 Å². The van der Waals surface area contributed by atoms with E-state index in [0.29, 0.717) is 6.54 Å². The largest absolute Gasteiger partial charge is 0.355 e. The first-order valence-corrected chi connectivity index (χ1v) is 8.10. The molecule has 128 valence electrons. The Morgan fingerprint density at radius 1 is 1.17 bits per heavy atom. The van der Waals surface area contributed by atoms with Crippen LogP contribution in [-0.2, 0) is 17.9 Å². The lowest BCUT2D eigenvalue weighted by atomic mass is 10.1. The molecule has 0 aliphatic carbocycles. The molecule has 0 fully saturated rings. The molecule has 2 N–H and O–H groups in total. The van der Waals surface area contributed by atoms with Crippen molar-refractivity contribution in [2.75, 3.05) is 19.0 Å². The zero-order chi connectivity index (χ0) is 17.6. The third-order valence-electron chi connectivity index (χ3n) is 4.12. The number of nitrogens with zero attached hydrogens (tertiary/aromatic N) is 2. The molecule has 1 amide bonds. The van der Waals surface area contributed by atoms with Gasteiger partial charge in [0.15, 0.2) is 0 Å². The zero-order valence-corrected chi connectivity index (χ0v) is 14.8. The van der Waals surface area contributed by atoms with Crippen LogP contribution in [0.15, 0.2) is 48.7 Å². The van der Waals surface area contributed by atoms with E-state index in [9.17, 15) is 4.79 Å². The van der Waals surface area contributed by atoms with Crippen molar-refractivity contribution in [3.8, 4) is 0 Å². The molecule has 0 atom stereocenters. The normalized spacial score (nSPS) is 11.2. The molecule has 1 aromatic carbocycles. The summed E-state index contributed by atoms with van der Waals surface area (Å²) in [5.41, 5.74) is 1.62. The minimum absolute atomic E-state index is 0.0366. The minimum Gasteiger partial charge on any atom is -0.355 e. The highest BCUT2D eigenvalue weighted by atomic mass is 16.2. The highest BCUT2D eigenvalue weighted by Gasteiger charge is 2.25. The Labute approximate surface area is 144 Å². The predicted octanol–water partition coefficient (Wildman–Crippen LogP) is 2.33. The number of likely N-dealkylation sites (N-methyl/N-ethyl adjacent to an activating group) is 1. The maximum Gasteiger partial charge on any atom is 0.239 e. The summed E-state index contributed by atoms with van der Waals surface area (Å²) in [7, 11) is 3.79. The van der Waals surface area contributed by atoms with Crippen LogP contribution in [0.4, 0.5) is 5.82 Å². The van der Waals surface area contributed by atoms with Crippen molar-refractivity contribution < 1.29 is 4.79 Å². The lowest BCUT2D eigenvalue weighted by Gasteiger charge is -2.24. The lowest BCUT2D eigenvalue weighted by molar-refractivity contribution is -0.126. The molecule has 0 spiro atoms. The van der Waals surface area contributed by atoms with E-state index in [1.54, 1.807) is 13.2 Å². The van der Waals surface area contributed by atoms with E-state index < -0.39 is 5.54 Å². The molecular weight excluding hydrogens is 300 g/mol. The van der Waals surface area contributed by atoms with Crippen LogP contribution in [0.5, 0.6) is 0 Å². The van der Waals surface area contributed by atoms with Crippen LogP contribution in [0.3, 0.4) is 0 Å². The molecule has 2 aromatic rings. The van der Waals surface area contributed by atoms with Gasteiger partial charge in [-0.3, -0.25) is 4.79 Å². The predicted molar refractivity (Wildman–Crippen MR) is 97.8 cm³/mol. The molecule has 0 aliphatic heterocycles. The standard InChI is InChI=1S/C19H26N4O/c1-19(2,20-3)18(24)22-13-16-11-8-12-21-17(16)23(4)14-15-9-6-5-7-10-15/h5-12,20H,13-14H2,1-4H3,(H,22,24). The molecule has 1 aromatic heterocycles. The smallest absolute Gasteiger partial charge is 0.239 e. The molecule has 0 aliphatic rings. The van der Waals surface area contributed by atoms with Crippen molar-refractivity contribution >= 4 is 11.7 Å². The molecule has 24 heavy (non-hydrogen) atoms. The fourth-order valence-corrected chi connectivity index (χ4v) is 2.35. The fraction of sp³-hybridized carbons (Fsp3) is 0.368. The maximum absolute atomic E-state index is 12.2. The number of amides is 1. The average molecular weight is 326 g/mol. The SMILES string of the molecule is CNC(C)(C)C(=O)NCc1cccnc1N(C)Cc1ccccc1. The zero-order valence-electron chi connectivity index (χ0n) is 14.8. The van der Waals surface area contributed by atoms with Crippen LogP contribution in [0.2, 0.25) is 0 Å². The summed E-state index contributed by atoms with van der Waals surface area (Å²) in [5, 5.41) is 5.99. The first-order valence-electron chi connectivity index (χ1n) is 8.10. The number of nitrogens with one attached hydrogen (secondary N) is 2. The summed E-state index contributed by atoms with van der Waals surface area (Å²) < 4.78 is 0. The van der Waals surface area contributed by atoms with E-state index in [2.05, 4.69) is 32.7 Å². The minimum atomic E-state index is -0.599. The van der Waals surface area contributed by atoms with Crippen molar-refractivity contribution in [3.05, 3.63) is 59.8 Å². The van der Waals surface area contributed by atoms with Gasteiger partial charge >= 0.3 is 0 Å². The molecule has 0 saturated carbocycles. The molecule has 1 heterocycles. The quantitative estimate of drug-likeness (QED) is 0.820. The molecule has 0 unspecified atom stereocenters. The van der Waals surface area contributed by atoms with E-state index >= 15 is 0 Å². The van der Waals surface area contributed by atoms with Crippen LogP contribution in [0.1, 0.15) is 25.0 Å². The van der Waals surface area contributed by atoms with Crippen molar-refractivity contribution in [2.24, 2.45) is 0 Å². The summed E-state index contributed by atoms with van der Waals surface area (Å²) in [6, 6.07) is 14.1. The number of aromatic nitrogens is 1. The van der Waals surface area contributed by atoms with Crippen molar-refractivity contribution in [3.63, 3.8) is 0 Å². The van der Waals surface area contributed by atoms with E-state index in [4.69, 9.17) is 0 Å². The van der Waals surface area contributed by atoms with Crippen molar-refractivity contribution in [1.29, 1.82) is 0 Å². The van der Waals surface area contributed by atoms with Gasteiger partial charge in [-0.25, -0.2) is 4.98 Å². The maximum atomic E-state index is 12.2. The second kappa shape index (κ2) is 7.93. The first-order chi connectivity index (χ1) is 11.4. The number of hydrogen-bond donors (Lipinski definition) is 2. The Kier molecular flexibility index (Phi) is 5.93. The van der Waals surface area contributed by atoms with E-state index in [1.807, 2.05) is 51.2 Å². The van der Waals surface area contributed by atoms with Gasteiger partial charge in [0.2, 0.25) is 5.91 Å². The summed E-state index contributed by atoms with van der Waals surface area (Å²) >= 11 is 0. The topological polar surface area (TPSA) is 57.3 Å². The van der Waals surface area contributed by atoms with Gasteiger partial charge in [0.25, 0.3) is 0 Å². The Morgan fingerprint density at radius 2 is 1.88 bits per heavy atom. The Morgan fingerprint density at radius 3 is 2.54 bits per heavy atom. The monoisotopic (exact) mass is 326 g/mol. The molecular formula is C19H26N4O. The van der Waals surface area contributed by atoms with Gasteiger partial charge in [-0.15, -0.1) is 0 Å². The van der Waals surface area contributed by atoms with E-state index in [0.717, 1.165) is 17.9 Å². The molecule has 5 heteroatoms. The van der Waals surface area contributed by atoms with E-state index in [1.165, 1.54) is 5.56 Å². The second-order valence-corrected chi connectivity index (χ2v) is 6.39. The Bertz CT molecular complexity index is 670. The second-order valence-electron chi connectivity index (χ2n) is 6.39. The summed E-state index contributed by atoms with van der Waals surface area (Å²) in [5.74, 6) is 0.842. The number of carbonyl (C=O) groups excluding carboxylic acids is 1. The molecule has 0 radical (unpaired) electrons. The number of benzene rings is 1. The number of pyridine rings is 1. The van der Waals surface area contributed by atoms with E-state index in [-0.39, 0.29) is 5.91 Å². The van der Waals surface area contributed by atoms with Crippen LogP contribution in [-0.4, -0.2) is 30.5 Å². The lowest BCUT2D eigenvalue weighted by Crippen LogP contribution is -2.50. The molecule has 5 nitrogen and oxygen atoms in total. The third-order valence-corrected chi connectivity index (χ3v) is 4.12. The van der Waals surface area contributed by atoms with Gasteiger partial charge in [-0.1, -0.05) is 36.4 Å². The number of rotatable bonds is 7. The Balaban J connectivity index is 2.08. The molecule has 0 bridgehead atoms. The van der Waals surface area contributed by atoms with Gasteiger partial charge in [0, 0.05) is 31.9 Å². The fourth-order valence-electron chi connectivity index (χ4n) is 2.35. The first kappa shape index (κ1) is 17.9. The third kappa shape index (κ3) is 4.55. The van der Waals surface area contributed by atoms with Gasteiger partial charge in [-0.05, 0) is 32.5 Å². The van der Waals surface area contributed by atoms with Gasteiger partial charge in [-0.2, -0.15) is 0 Å². The summed E-state index contributed by atoms with van der Waals surface area (Å²) in [6.45, 7) is 4.93.